The van der Waals surface area contributed by atoms with Gasteiger partial charge in [0.2, 0.25) is 0 Å². The average molecular weight is 274 g/mol. The van der Waals surface area contributed by atoms with Crippen molar-refractivity contribution < 1.29 is 9.13 Å². The monoisotopic (exact) mass is 273 g/mol. The van der Waals surface area contributed by atoms with Gasteiger partial charge in [-0.3, -0.25) is 0 Å². The maximum Gasteiger partial charge on any atom is 0.145 e. The fourth-order valence-electron chi connectivity index (χ4n) is 1.73. The summed E-state index contributed by atoms with van der Waals surface area (Å²) >= 11 is 5.73. The quantitative estimate of drug-likeness (QED) is 0.860. The Morgan fingerprint density at radius 1 is 1.44 bits per heavy atom. The zero-order valence-electron chi connectivity index (χ0n) is 11.2. The van der Waals surface area contributed by atoms with Crippen LogP contribution in [0.15, 0.2) is 18.2 Å². The van der Waals surface area contributed by atoms with Crippen LogP contribution in [0.1, 0.15) is 32.3 Å². The van der Waals surface area contributed by atoms with E-state index in [4.69, 9.17) is 22.1 Å². The van der Waals surface area contributed by atoms with Crippen LogP contribution in [0.25, 0.3) is 0 Å². The molecule has 102 valence electrons. The molecule has 0 saturated heterocycles. The minimum atomic E-state index is -0.361. The molecule has 0 spiro atoms. The van der Waals surface area contributed by atoms with Crippen LogP contribution in [0.5, 0.6) is 0 Å². The first-order valence-corrected chi connectivity index (χ1v) is 6.47. The van der Waals surface area contributed by atoms with Crippen molar-refractivity contribution in [1.29, 1.82) is 0 Å². The van der Waals surface area contributed by atoms with Gasteiger partial charge in [-0.15, -0.1) is 0 Å². The van der Waals surface area contributed by atoms with Gasteiger partial charge in [-0.2, -0.15) is 0 Å². The van der Waals surface area contributed by atoms with Gasteiger partial charge in [0.05, 0.1) is 10.6 Å². The Morgan fingerprint density at radius 3 is 2.72 bits per heavy atom. The summed E-state index contributed by atoms with van der Waals surface area (Å²) in [6, 6.07) is 4.92. The number of hydrogen-bond acceptors (Lipinski definition) is 2. The van der Waals surface area contributed by atoms with E-state index in [1.165, 1.54) is 0 Å². The molecule has 1 aromatic rings. The summed E-state index contributed by atoms with van der Waals surface area (Å²) in [7, 11) is 1.68. The summed E-state index contributed by atoms with van der Waals surface area (Å²) in [4.78, 5) is 0. The van der Waals surface area contributed by atoms with Crippen molar-refractivity contribution in [2.24, 2.45) is 5.73 Å². The van der Waals surface area contributed by atoms with E-state index in [1.54, 1.807) is 25.3 Å². The molecule has 1 atom stereocenters. The third-order valence-electron chi connectivity index (χ3n) is 3.18. The van der Waals surface area contributed by atoms with Crippen LogP contribution in [0.2, 0.25) is 5.02 Å². The fraction of sp³-hybridized carbons (Fsp3) is 0.571. The van der Waals surface area contributed by atoms with Crippen molar-refractivity contribution in [3.63, 3.8) is 0 Å². The van der Waals surface area contributed by atoms with Gasteiger partial charge in [-0.1, -0.05) is 23.7 Å². The van der Waals surface area contributed by atoms with Gasteiger partial charge in [-0.25, -0.2) is 4.39 Å². The molecule has 0 aliphatic carbocycles. The van der Waals surface area contributed by atoms with E-state index in [1.807, 2.05) is 13.8 Å². The molecule has 0 aliphatic heterocycles. The van der Waals surface area contributed by atoms with E-state index in [-0.39, 0.29) is 22.5 Å². The van der Waals surface area contributed by atoms with Crippen molar-refractivity contribution in [3.8, 4) is 0 Å². The maximum absolute atomic E-state index is 13.7. The smallest absolute Gasteiger partial charge is 0.145 e. The normalized spacial score (nSPS) is 13.7. The predicted molar refractivity (Wildman–Crippen MR) is 73.4 cm³/mol. The number of benzene rings is 1. The van der Waals surface area contributed by atoms with Crippen LogP contribution in [0.3, 0.4) is 0 Å². The molecule has 0 radical (unpaired) electrons. The summed E-state index contributed by atoms with van der Waals surface area (Å²) in [5.41, 5.74) is 6.41. The standard InChI is InChI=1S/C14H21ClFNO/c1-14(2,18-3)8-7-11(17)9-10-5-4-6-12(15)13(10)16/h4-6,11H,7-9,17H2,1-3H3. The minimum Gasteiger partial charge on any atom is -0.379 e. The highest BCUT2D eigenvalue weighted by Crippen LogP contribution is 2.21. The molecule has 1 aromatic carbocycles. The summed E-state index contributed by atoms with van der Waals surface area (Å²) in [5.74, 6) is -0.361. The average Bonchev–Trinajstić information content (AvgIpc) is 2.33. The highest BCUT2D eigenvalue weighted by Gasteiger charge is 2.18. The largest absolute Gasteiger partial charge is 0.379 e. The molecule has 2 N–H and O–H groups in total. The van der Waals surface area contributed by atoms with E-state index < -0.39 is 0 Å². The van der Waals surface area contributed by atoms with Gasteiger partial charge in [0.1, 0.15) is 5.82 Å². The number of methoxy groups -OCH3 is 1. The second kappa shape index (κ2) is 6.50. The van der Waals surface area contributed by atoms with E-state index in [2.05, 4.69) is 0 Å². The van der Waals surface area contributed by atoms with Gasteiger partial charge in [0.25, 0.3) is 0 Å². The summed E-state index contributed by atoms with van der Waals surface area (Å²) in [6.07, 6.45) is 2.12. The second-order valence-electron chi connectivity index (χ2n) is 5.18. The topological polar surface area (TPSA) is 35.2 Å². The van der Waals surface area contributed by atoms with Gasteiger partial charge in [-0.05, 0) is 44.7 Å². The lowest BCUT2D eigenvalue weighted by Gasteiger charge is -2.24. The highest BCUT2D eigenvalue weighted by atomic mass is 35.5. The Kier molecular flexibility index (Phi) is 5.57. The Balaban J connectivity index is 2.55. The van der Waals surface area contributed by atoms with Crippen LogP contribution in [-0.2, 0) is 11.2 Å². The minimum absolute atomic E-state index is 0.0904. The first kappa shape index (κ1) is 15.4. The van der Waals surface area contributed by atoms with Gasteiger partial charge >= 0.3 is 0 Å². The molecule has 18 heavy (non-hydrogen) atoms. The third kappa shape index (κ3) is 4.56. The molecule has 2 nitrogen and oxygen atoms in total. The zero-order valence-corrected chi connectivity index (χ0v) is 11.9. The molecule has 0 fully saturated rings. The second-order valence-corrected chi connectivity index (χ2v) is 5.59. The molecular weight excluding hydrogens is 253 g/mol. The van der Waals surface area contributed by atoms with E-state index in [0.717, 1.165) is 12.8 Å². The van der Waals surface area contributed by atoms with Crippen molar-refractivity contribution in [2.75, 3.05) is 7.11 Å². The van der Waals surface area contributed by atoms with Gasteiger partial charge in [0.15, 0.2) is 0 Å². The van der Waals surface area contributed by atoms with Crippen LogP contribution in [0.4, 0.5) is 4.39 Å². The Labute approximate surface area is 113 Å². The van der Waals surface area contributed by atoms with Crippen molar-refractivity contribution >= 4 is 11.6 Å². The number of halogens is 2. The summed E-state index contributed by atoms with van der Waals surface area (Å²) < 4.78 is 19.0. The Hall–Kier alpha value is -0.640. The van der Waals surface area contributed by atoms with Crippen molar-refractivity contribution in [2.45, 2.75) is 44.8 Å². The zero-order chi connectivity index (χ0) is 13.8. The molecular formula is C14H21ClFNO. The number of ether oxygens (including phenoxy) is 1. The van der Waals surface area contributed by atoms with Crippen LogP contribution >= 0.6 is 11.6 Å². The van der Waals surface area contributed by atoms with Crippen LogP contribution in [-0.4, -0.2) is 18.8 Å². The van der Waals surface area contributed by atoms with E-state index in [9.17, 15) is 4.39 Å². The lowest BCUT2D eigenvalue weighted by molar-refractivity contribution is 0.0125. The van der Waals surface area contributed by atoms with Crippen LogP contribution < -0.4 is 5.73 Å². The summed E-state index contributed by atoms with van der Waals surface area (Å²) in [6.45, 7) is 4.03. The molecule has 0 amide bonds. The number of rotatable bonds is 6. The van der Waals surface area contributed by atoms with Gasteiger partial charge < -0.3 is 10.5 Å². The molecule has 1 rings (SSSR count). The Bertz CT molecular complexity index is 395. The SMILES string of the molecule is COC(C)(C)CCC(N)Cc1cccc(Cl)c1F. The van der Waals surface area contributed by atoms with Crippen LogP contribution in [0, 0.1) is 5.82 Å². The molecule has 0 saturated carbocycles. The van der Waals surface area contributed by atoms with E-state index >= 15 is 0 Å². The fourth-order valence-corrected chi connectivity index (χ4v) is 1.92. The van der Waals surface area contributed by atoms with Gasteiger partial charge in [0, 0.05) is 13.2 Å². The molecule has 0 bridgehead atoms. The molecule has 0 aromatic heterocycles. The molecule has 0 aliphatic rings. The third-order valence-corrected chi connectivity index (χ3v) is 3.48. The molecule has 1 unspecified atom stereocenters. The van der Waals surface area contributed by atoms with Crippen molar-refractivity contribution in [3.05, 3.63) is 34.6 Å². The Morgan fingerprint density at radius 2 is 2.11 bits per heavy atom. The lowest BCUT2D eigenvalue weighted by atomic mass is 9.95. The first-order valence-electron chi connectivity index (χ1n) is 6.09. The number of hydrogen-bond donors (Lipinski definition) is 1. The maximum atomic E-state index is 13.7. The highest BCUT2D eigenvalue weighted by molar-refractivity contribution is 6.30. The lowest BCUT2D eigenvalue weighted by Crippen LogP contribution is -2.29. The van der Waals surface area contributed by atoms with Crippen molar-refractivity contribution in [1.82, 2.24) is 0 Å². The summed E-state index contributed by atoms with van der Waals surface area (Å²) in [5, 5.41) is 0.150. The number of nitrogens with two attached hydrogens (primary N) is 1. The van der Waals surface area contributed by atoms with E-state index in [0.29, 0.717) is 12.0 Å². The molecule has 4 heteroatoms. The first-order chi connectivity index (χ1) is 8.35. The molecule has 0 heterocycles. The predicted octanol–water partition coefficient (Wildman–Crippen LogP) is 3.55.